The van der Waals surface area contributed by atoms with E-state index >= 15 is 0 Å². The molecular formula is C30H47NO6. The van der Waals surface area contributed by atoms with Crippen molar-refractivity contribution in [3.8, 4) is 0 Å². The van der Waals surface area contributed by atoms with Crippen LogP contribution in [0.3, 0.4) is 0 Å². The van der Waals surface area contributed by atoms with Gasteiger partial charge in [-0.2, -0.15) is 0 Å². The summed E-state index contributed by atoms with van der Waals surface area (Å²) in [5, 5.41) is 12.4. The minimum Gasteiger partial charge on any atom is -0.458 e. The molecule has 0 aromatic heterocycles. The van der Waals surface area contributed by atoms with Crippen molar-refractivity contribution < 1.29 is 28.8 Å². The maximum atomic E-state index is 12.4. The second-order valence-corrected chi connectivity index (χ2v) is 13.7. The van der Waals surface area contributed by atoms with Gasteiger partial charge in [0, 0.05) is 25.0 Å². The number of nitrogens with two attached hydrogens (primary N) is 1. The predicted octanol–water partition coefficient (Wildman–Crippen LogP) is 4.11. The molecule has 7 nitrogen and oxygen atoms in total. The summed E-state index contributed by atoms with van der Waals surface area (Å²) >= 11 is 0. The number of methoxy groups -OCH3 is 1. The third-order valence-corrected chi connectivity index (χ3v) is 12.3. The highest BCUT2D eigenvalue weighted by atomic mass is 16.7. The molecule has 0 aromatic rings. The van der Waals surface area contributed by atoms with Gasteiger partial charge in [-0.1, -0.05) is 13.8 Å². The highest BCUT2D eigenvalue weighted by Crippen LogP contribution is 2.70. The molecule has 0 bridgehead atoms. The molecule has 0 unspecified atom stereocenters. The van der Waals surface area contributed by atoms with E-state index in [4.69, 9.17) is 24.7 Å². The van der Waals surface area contributed by atoms with Gasteiger partial charge in [-0.3, -0.25) is 0 Å². The van der Waals surface area contributed by atoms with Crippen molar-refractivity contribution in [3.63, 3.8) is 0 Å². The molecule has 0 amide bonds. The van der Waals surface area contributed by atoms with E-state index in [0.29, 0.717) is 30.8 Å². The Labute approximate surface area is 221 Å². The number of rotatable bonds is 4. The lowest BCUT2D eigenvalue weighted by molar-refractivity contribution is -0.254. The summed E-state index contributed by atoms with van der Waals surface area (Å²) in [5.41, 5.74) is 6.76. The molecule has 2 heterocycles. The van der Waals surface area contributed by atoms with Crippen LogP contribution in [-0.2, 0) is 23.7 Å². The molecule has 3 N–H and O–H groups in total. The van der Waals surface area contributed by atoms with Crippen LogP contribution in [-0.4, -0.2) is 61.0 Å². The second-order valence-electron chi connectivity index (χ2n) is 13.7. The zero-order chi connectivity index (χ0) is 26.2. The van der Waals surface area contributed by atoms with Gasteiger partial charge < -0.3 is 29.8 Å². The lowest BCUT2D eigenvalue weighted by Crippen LogP contribution is -2.62. The third kappa shape index (κ3) is 3.97. The molecule has 2 aliphatic heterocycles. The van der Waals surface area contributed by atoms with Gasteiger partial charge in [0.25, 0.3) is 0 Å². The number of fused-ring (bicyclic) bond motifs is 5. The molecule has 0 radical (unpaired) electrons. The Hall–Kier alpha value is -0.990. The Bertz CT molecular complexity index is 939. The molecule has 4 aliphatic carbocycles. The number of ether oxygens (including phenoxy) is 4. The number of hydrogen-bond acceptors (Lipinski definition) is 7. The average molecular weight is 518 g/mol. The molecule has 1 saturated heterocycles. The van der Waals surface area contributed by atoms with E-state index < -0.39 is 5.60 Å². The number of esters is 1. The zero-order valence-electron chi connectivity index (χ0n) is 23.1. The predicted molar refractivity (Wildman–Crippen MR) is 138 cm³/mol. The van der Waals surface area contributed by atoms with Crippen LogP contribution in [0.2, 0.25) is 0 Å². The van der Waals surface area contributed by atoms with Crippen molar-refractivity contribution in [2.75, 3.05) is 13.7 Å². The summed E-state index contributed by atoms with van der Waals surface area (Å²) in [5.74, 6) is 1.52. The Morgan fingerprint density at radius 3 is 2.59 bits per heavy atom. The third-order valence-electron chi connectivity index (χ3n) is 12.3. The first kappa shape index (κ1) is 26.2. The van der Waals surface area contributed by atoms with Gasteiger partial charge in [-0.25, -0.2) is 4.79 Å². The van der Waals surface area contributed by atoms with E-state index in [1.165, 1.54) is 0 Å². The number of aliphatic hydroxyl groups is 1. The molecule has 208 valence electrons. The summed E-state index contributed by atoms with van der Waals surface area (Å²) < 4.78 is 23.5. The lowest BCUT2D eigenvalue weighted by Gasteiger charge is -2.64. The minimum absolute atomic E-state index is 0.0322. The summed E-state index contributed by atoms with van der Waals surface area (Å²) in [4.78, 5) is 11.8. The normalized spacial score (nSPS) is 53.6. The van der Waals surface area contributed by atoms with Crippen molar-refractivity contribution in [1.29, 1.82) is 0 Å². The molecule has 6 aliphatic rings. The molecule has 12 atom stereocenters. The van der Waals surface area contributed by atoms with Crippen LogP contribution < -0.4 is 5.73 Å². The number of carbonyl (C=O) groups is 1. The largest absolute Gasteiger partial charge is 0.458 e. The first-order chi connectivity index (χ1) is 17.6. The number of hydrogen-bond donors (Lipinski definition) is 2. The molecule has 7 heteroatoms. The van der Waals surface area contributed by atoms with E-state index in [1.807, 2.05) is 6.92 Å². The molecule has 5 fully saturated rings. The van der Waals surface area contributed by atoms with Gasteiger partial charge in [-0.15, -0.1) is 0 Å². The van der Waals surface area contributed by atoms with E-state index in [9.17, 15) is 9.90 Å². The van der Waals surface area contributed by atoms with Gasteiger partial charge >= 0.3 is 5.97 Å². The summed E-state index contributed by atoms with van der Waals surface area (Å²) in [6, 6.07) is -0.120. The summed E-state index contributed by atoms with van der Waals surface area (Å²) in [6.45, 7) is 7.22. The van der Waals surface area contributed by atoms with Crippen LogP contribution >= 0.6 is 0 Å². The smallest absolute Gasteiger partial charge is 0.331 e. The fourth-order valence-electron chi connectivity index (χ4n) is 10.1. The molecule has 0 spiro atoms. The standard InChI is InChI=1S/C30H47NO6/c1-17-27(31)24(34-4)15-26(36-17)37-20-7-10-28(2)19(14-20)5-6-23-22(28)8-11-29(3)21(9-12-30(23,29)33)18-13-25(32)35-16-18/h13,17,19-24,26-27,33H,5-12,14-16,31H2,1-4H3/t17-,19-,20-,21-,22-,23+,24+,26-,27+,28-,29+,30-/m0/s1. The van der Waals surface area contributed by atoms with Gasteiger partial charge in [0.15, 0.2) is 6.29 Å². The second kappa shape index (κ2) is 9.29. The minimum atomic E-state index is -0.658. The lowest BCUT2D eigenvalue weighted by atomic mass is 9.43. The fraction of sp³-hybridized carbons (Fsp3) is 0.900. The van der Waals surface area contributed by atoms with Crippen molar-refractivity contribution in [2.24, 2.45) is 40.2 Å². The van der Waals surface area contributed by atoms with Crippen molar-refractivity contribution in [2.45, 2.75) is 121 Å². The van der Waals surface area contributed by atoms with Crippen molar-refractivity contribution in [3.05, 3.63) is 11.6 Å². The van der Waals surface area contributed by atoms with E-state index in [-0.39, 0.29) is 53.4 Å². The van der Waals surface area contributed by atoms with Gasteiger partial charge in [0.05, 0.1) is 30.0 Å². The van der Waals surface area contributed by atoms with Crippen LogP contribution in [0.25, 0.3) is 0 Å². The number of cyclic esters (lactones) is 1. The Balaban J connectivity index is 1.15. The highest BCUT2D eigenvalue weighted by Gasteiger charge is 2.67. The molecule has 37 heavy (non-hydrogen) atoms. The van der Waals surface area contributed by atoms with E-state index in [2.05, 4.69) is 13.8 Å². The SMILES string of the molecule is CO[C@@H]1C[C@H](O[C@H]2CC[C@@]3(C)[C@@H](CC[C@@H]4[C@@H]3CC[C@]3(C)[C@H](C5=CC(=O)OC5)CC[C@]43O)C2)O[C@@H](C)[C@H]1N. The average Bonchev–Trinajstić information content (AvgIpc) is 3.41. The van der Waals surface area contributed by atoms with Gasteiger partial charge in [-0.05, 0) is 99.4 Å². The molecule has 6 rings (SSSR count). The maximum absolute atomic E-state index is 12.4. The van der Waals surface area contributed by atoms with Gasteiger partial charge in [0.2, 0.25) is 0 Å². The zero-order valence-corrected chi connectivity index (χ0v) is 23.1. The van der Waals surface area contributed by atoms with Crippen molar-refractivity contribution in [1.82, 2.24) is 0 Å². The molecule has 0 aromatic carbocycles. The maximum Gasteiger partial charge on any atom is 0.331 e. The first-order valence-corrected chi connectivity index (χ1v) is 14.8. The summed E-state index contributed by atoms with van der Waals surface area (Å²) in [7, 11) is 1.72. The van der Waals surface area contributed by atoms with Crippen LogP contribution in [0.4, 0.5) is 0 Å². The van der Waals surface area contributed by atoms with Crippen LogP contribution in [0.1, 0.15) is 85.0 Å². The van der Waals surface area contributed by atoms with Crippen molar-refractivity contribution >= 4 is 5.97 Å². The topological polar surface area (TPSA) is 100 Å². The molecule has 4 saturated carbocycles. The molecular weight excluding hydrogens is 470 g/mol. The fourth-order valence-corrected chi connectivity index (χ4v) is 10.1. The van der Waals surface area contributed by atoms with Crippen LogP contribution in [0, 0.1) is 34.5 Å². The number of carbonyl (C=O) groups excluding carboxylic acids is 1. The van der Waals surface area contributed by atoms with E-state index in [1.54, 1.807) is 13.2 Å². The Morgan fingerprint density at radius 2 is 1.86 bits per heavy atom. The van der Waals surface area contributed by atoms with E-state index in [0.717, 1.165) is 63.4 Å². The van der Waals surface area contributed by atoms with Crippen LogP contribution in [0.5, 0.6) is 0 Å². The van der Waals surface area contributed by atoms with Crippen LogP contribution in [0.15, 0.2) is 11.6 Å². The monoisotopic (exact) mass is 517 g/mol. The van der Waals surface area contributed by atoms with Gasteiger partial charge in [0.1, 0.15) is 6.61 Å². The highest BCUT2D eigenvalue weighted by molar-refractivity contribution is 5.85. The Kier molecular flexibility index (Phi) is 6.59. The first-order valence-electron chi connectivity index (χ1n) is 14.8. The Morgan fingerprint density at radius 1 is 1.05 bits per heavy atom. The quantitative estimate of drug-likeness (QED) is 0.428. The summed E-state index contributed by atoms with van der Waals surface area (Å²) in [6.07, 6.45) is 11.7.